The number of nitrogens with zero attached hydrogens (tertiary/aromatic N) is 2. The zero-order valence-corrected chi connectivity index (χ0v) is 17.5. The standard InChI is InChI=1S/C20H17Cl2N3O2S/c1-12-8-18(14-4-3-5-17(27-2)20(14)24-12)28-11-19(26)25-23-10-13-6-7-15(21)16(22)9-13/h3-10H,11H2,1-2H3,(H,25,26). The number of methoxy groups -OCH3 is 1. The van der Waals surface area contributed by atoms with Crippen molar-refractivity contribution in [3.8, 4) is 5.75 Å². The number of halogens is 2. The molecule has 28 heavy (non-hydrogen) atoms. The molecule has 0 radical (unpaired) electrons. The predicted molar refractivity (Wildman–Crippen MR) is 116 cm³/mol. The number of ether oxygens (including phenoxy) is 1. The first-order valence-corrected chi connectivity index (χ1v) is 10.1. The Balaban J connectivity index is 1.66. The number of hydrogen-bond donors (Lipinski definition) is 1. The maximum absolute atomic E-state index is 12.1. The first kappa shape index (κ1) is 20.5. The number of nitrogens with one attached hydrogen (secondary N) is 1. The number of aryl methyl sites for hydroxylation is 1. The van der Waals surface area contributed by atoms with Crippen molar-refractivity contribution in [2.45, 2.75) is 11.8 Å². The highest BCUT2D eigenvalue weighted by Crippen LogP contribution is 2.32. The van der Waals surface area contributed by atoms with Gasteiger partial charge in [-0.2, -0.15) is 5.10 Å². The van der Waals surface area contributed by atoms with Crippen molar-refractivity contribution in [2.24, 2.45) is 5.10 Å². The lowest BCUT2D eigenvalue weighted by atomic mass is 10.2. The van der Waals surface area contributed by atoms with Crippen LogP contribution in [0, 0.1) is 6.92 Å². The minimum Gasteiger partial charge on any atom is -0.494 e. The maximum atomic E-state index is 12.1. The molecule has 1 aromatic heterocycles. The summed E-state index contributed by atoms with van der Waals surface area (Å²) in [6, 6.07) is 12.8. The molecule has 1 N–H and O–H groups in total. The summed E-state index contributed by atoms with van der Waals surface area (Å²) in [4.78, 5) is 17.6. The van der Waals surface area contributed by atoms with Gasteiger partial charge in [-0.1, -0.05) is 41.4 Å². The molecule has 5 nitrogen and oxygen atoms in total. The van der Waals surface area contributed by atoms with Crippen molar-refractivity contribution in [1.82, 2.24) is 10.4 Å². The van der Waals surface area contributed by atoms with E-state index < -0.39 is 0 Å². The van der Waals surface area contributed by atoms with Crippen molar-refractivity contribution < 1.29 is 9.53 Å². The van der Waals surface area contributed by atoms with Gasteiger partial charge in [-0.05, 0) is 36.8 Å². The monoisotopic (exact) mass is 433 g/mol. The highest BCUT2D eigenvalue weighted by molar-refractivity contribution is 8.00. The molecule has 0 spiro atoms. The van der Waals surface area contributed by atoms with Crippen LogP contribution in [-0.2, 0) is 4.79 Å². The third kappa shape index (κ3) is 4.95. The van der Waals surface area contributed by atoms with Gasteiger partial charge in [-0.25, -0.2) is 10.4 Å². The van der Waals surface area contributed by atoms with Crippen LogP contribution in [0.3, 0.4) is 0 Å². The zero-order valence-electron chi connectivity index (χ0n) is 15.2. The van der Waals surface area contributed by atoms with Gasteiger partial charge in [0.15, 0.2) is 0 Å². The topological polar surface area (TPSA) is 63.6 Å². The summed E-state index contributed by atoms with van der Waals surface area (Å²) in [7, 11) is 1.62. The van der Waals surface area contributed by atoms with Gasteiger partial charge in [-0.15, -0.1) is 11.8 Å². The molecule has 1 amide bonds. The van der Waals surface area contributed by atoms with Crippen LogP contribution in [-0.4, -0.2) is 30.0 Å². The van der Waals surface area contributed by atoms with Crippen LogP contribution in [0.4, 0.5) is 0 Å². The summed E-state index contributed by atoms with van der Waals surface area (Å²) >= 11 is 13.3. The zero-order chi connectivity index (χ0) is 20.1. The first-order valence-electron chi connectivity index (χ1n) is 8.32. The van der Waals surface area contributed by atoms with Crippen molar-refractivity contribution in [1.29, 1.82) is 0 Å². The van der Waals surface area contributed by atoms with E-state index in [0.29, 0.717) is 15.8 Å². The van der Waals surface area contributed by atoms with Gasteiger partial charge < -0.3 is 4.74 Å². The number of pyridine rings is 1. The molecule has 0 saturated carbocycles. The van der Waals surface area contributed by atoms with E-state index in [4.69, 9.17) is 27.9 Å². The number of hydrazone groups is 1. The van der Waals surface area contributed by atoms with Crippen LogP contribution in [0.2, 0.25) is 10.0 Å². The van der Waals surface area contributed by atoms with E-state index in [-0.39, 0.29) is 11.7 Å². The molecule has 3 rings (SSSR count). The number of hydrogen-bond acceptors (Lipinski definition) is 5. The van der Waals surface area contributed by atoms with Gasteiger partial charge in [0.2, 0.25) is 5.91 Å². The van der Waals surface area contributed by atoms with Gasteiger partial charge in [0.05, 0.1) is 29.1 Å². The van der Waals surface area contributed by atoms with Crippen molar-refractivity contribution >= 4 is 58.0 Å². The van der Waals surface area contributed by atoms with E-state index in [1.165, 1.54) is 18.0 Å². The summed E-state index contributed by atoms with van der Waals surface area (Å²) in [6.07, 6.45) is 1.52. The Morgan fingerprint density at radius 1 is 1.25 bits per heavy atom. The van der Waals surface area contributed by atoms with Crippen LogP contribution < -0.4 is 10.2 Å². The summed E-state index contributed by atoms with van der Waals surface area (Å²) in [6.45, 7) is 1.91. The lowest BCUT2D eigenvalue weighted by Gasteiger charge is -2.10. The molecule has 2 aromatic carbocycles. The molecule has 0 fully saturated rings. The molecule has 0 aliphatic heterocycles. The Bertz CT molecular complexity index is 1060. The molecule has 0 bridgehead atoms. The van der Waals surface area contributed by atoms with E-state index in [1.807, 2.05) is 31.2 Å². The number of fused-ring (bicyclic) bond motifs is 1. The van der Waals surface area contributed by atoms with Crippen LogP contribution >= 0.6 is 35.0 Å². The fourth-order valence-electron chi connectivity index (χ4n) is 2.54. The van der Waals surface area contributed by atoms with Crippen LogP contribution in [0.5, 0.6) is 5.75 Å². The smallest absolute Gasteiger partial charge is 0.250 e. The fourth-order valence-corrected chi connectivity index (χ4v) is 3.78. The van der Waals surface area contributed by atoms with E-state index in [0.717, 1.165) is 27.1 Å². The highest BCUT2D eigenvalue weighted by atomic mass is 35.5. The molecule has 0 saturated heterocycles. The molecule has 0 aliphatic carbocycles. The van der Waals surface area contributed by atoms with Crippen molar-refractivity contribution in [3.63, 3.8) is 0 Å². The number of aromatic nitrogens is 1. The lowest BCUT2D eigenvalue weighted by molar-refractivity contribution is -0.118. The normalized spacial score (nSPS) is 11.1. The second kappa shape index (κ2) is 9.28. The second-order valence-electron chi connectivity index (χ2n) is 5.87. The number of carbonyl (C=O) groups is 1. The van der Waals surface area contributed by atoms with Gasteiger partial charge in [0.1, 0.15) is 11.3 Å². The molecular formula is C20H17Cl2N3O2S. The van der Waals surface area contributed by atoms with Gasteiger partial charge in [0, 0.05) is 16.0 Å². The molecule has 0 aliphatic rings. The van der Waals surface area contributed by atoms with E-state index in [9.17, 15) is 4.79 Å². The Morgan fingerprint density at radius 3 is 2.82 bits per heavy atom. The molecule has 3 aromatic rings. The third-order valence-corrected chi connectivity index (χ3v) is 5.61. The fraction of sp³-hybridized carbons (Fsp3) is 0.150. The number of thioether (sulfide) groups is 1. The second-order valence-corrected chi connectivity index (χ2v) is 7.71. The SMILES string of the molecule is COc1cccc2c(SCC(=O)NN=Cc3ccc(Cl)c(Cl)c3)cc(C)nc12. The molecule has 1 heterocycles. The molecule has 0 unspecified atom stereocenters. The number of rotatable bonds is 6. The van der Waals surface area contributed by atoms with Gasteiger partial charge >= 0.3 is 0 Å². The molecular weight excluding hydrogens is 417 g/mol. The van der Waals surface area contributed by atoms with Crippen molar-refractivity contribution in [3.05, 3.63) is 63.8 Å². The average molecular weight is 434 g/mol. The number of para-hydroxylation sites is 1. The predicted octanol–water partition coefficient (Wildman–Crippen LogP) is 5.10. The Morgan fingerprint density at radius 2 is 2.07 bits per heavy atom. The summed E-state index contributed by atoms with van der Waals surface area (Å²) in [5.74, 6) is 0.708. The number of benzene rings is 2. The molecule has 8 heteroatoms. The van der Waals surface area contributed by atoms with Crippen LogP contribution in [0.1, 0.15) is 11.3 Å². The van der Waals surface area contributed by atoms with Gasteiger partial charge in [-0.3, -0.25) is 4.79 Å². The van der Waals surface area contributed by atoms with E-state index >= 15 is 0 Å². The quantitative estimate of drug-likeness (QED) is 0.333. The maximum Gasteiger partial charge on any atom is 0.250 e. The van der Waals surface area contributed by atoms with Crippen molar-refractivity contribution in [2.75, 3.05) is 12.9 Å². The highest BCUT2D eigenvalue weighted by Gasteiger charge is 2.10. The van der Waals surface area contributed by atoms with Gasteiger partial charge in [0.25, 0.3) is 0 Å². The van der Waals surface area contributed by atoms with Crippen LogP contribution in [0.25, 0.3) is 10.9 Å². The minimum absolute atomic E-state index is 0.216. The molecule has 0 atom stereocenters. The summed E-state index contributed by atoms with van der Waals surface area (Å²) in [5.41, 5.74) is 4.90. The number of amides is 1. The Labute approximate surface area is 177 Å². The Kier molecular flexibility index (Phi) is 6.78. The first-order chi connectivity index (χ1) is 13.5. The third-order valence-electron chi connectivity index (χ3n) is 3.82. The lowest BCUT2D eigenvalue weighted by Crippen LogP contribution is -2.19. The summed E-state index contributed by atoms with van der Waals surface area (Å²) < 4.78 is 5.39. The van der Waals surface area contributed by atoms with E-state index in [1.54, 1.807) is 25.3 Å². The largest absolute Gasteiger partial charge is 0.494 e. The van der Waals surface area contributed by atoms with Crippen LogP contribution in [0.15, 0.2) is 52.5 Å². The Hall–Kier alpha value is -2.28. The minimum atomic E-state index is -0.216. The summed E-state index contributed by atoms with van der Waals surface area (Å²) in [5, 5.41) is 5.81. The number of carbonyl (C=O) groups excluding carboxylic acids is 1. The van der Waals surface area contributed by atoms with E-state index in [2.05, 4.69) is 15.5 Å². The average Bonchev–Trinajstić information content (AvgIpc) is 2.68. The molecule has 144 valence electrons.